The maximum Gasteiger partial charge on any atom is 0.412 e. The van der Waals surface area contributed by atoms with Crippen LogP contribution >= 0.6 is 0 Å². The molecule has 0 bridgehead atoms. The highest BCUT2D eigenvalue weighted by molar-refractivity contribution is 6.04. The summed E-state index contributed by atoms with van der Waals surface area (Å²) in [4.78, 5) is 36.2. The van der Waals surface area contributed by atoms with Gasteiger partial charge >= 0.3 is 12.1 Å². The molecule has 0 saturated heterocycles. The van der Waals surface area contributed by atoms with E-state index in [1.165, 1.54) is 14.0 Å². The number of unbranched alkanes of at least 4 members (excludes halogenated alkanes) is 2. The number of esters is 1. The average molecular weight is 356 g/mol. The fourth-order valence-corrected chi connectivity index (χ4v) is 2.09. The Morgan fingerprint density at radius 1 is 1.16 bits per heavy atom. The number of Topliss-reactive ketones (excluding diaryl/α,β-unsaturated/α-hetero) is 1. The molecule has 0 aliphatic rings. The highest BCUT2D eigenvalue weighted by Gasteiger charge is 2.24. The lowest BCUT2D eigenvalue weighted by Gasteiger charge is -2.20. The van der Waals surface area contributed by atoms with Gasteiger partial charge in [-0.2, -0.15) is 0 Å². The molecule has 0 aromatic heterocycles. The minimum absolute atomic E-state index is 0.101. The molecular formula is C18H32N2O5. The van der Waals surface area contributed by atoms with Crippen molar-refractivity contribution in [3.8, 4) is 0 Å². The topological polar surface area (TPSA) is 108 Å². The number of amides is 1. The molecule has 1 atom stereocenters. The number of alkyl carbamates (subject to hydrolysis) is 1. The molecule has 0 rings (SSSR count). The predicted octanol–water partition coefficient (Wildman–Crippen LogP) is 2.82. The zero-order chi connectivity index (χ0) is 19.6. The van der Waals surface area contributed by atoms with Crippen molar-refractivity contribution in [2.24, 2.45) is 5.73 Å². The van der Waals surface area contributed by atoms with Crippen molar-refractivity contribution >= 4 is 17.8 Å². The lowest BCUT2D eigenvalue weighted by Crippen LogP contribution is -2.36. The smallest absolute Gasteiger partial charge is 0.412 e. The normalized spacial score (nSPS) is 13.6. The van der Waals surface area contributed by atoms with Crippen molar-refractivity contribution in [2.75, 3.05) is 7.11 Å². The maximum atomic E-state index is 12.4. The van der Waals surface area contributed by atoms with Gasteiger partial charge in [-0.15, -0.1) is 0 Å². The van der Waals surface area contributed by atoms with Crippen LogP contribution in [0.25, 0.3) is 0 Å². The van der Waals surface area contributed by atoms with Crippen molar-refractivity contribution in [3.05, 3.63) is 11.3 Å². The quantitative estimate of drug-likeness (QED) is 0.374. The third-order valence-corrected chi connectivity index (χ3v) is 3.43. The molecule has 144 valence electrons. The number of ether oxygens (including phenoxy) is 2. The maximum absolute atomic E-state index is 12.4. The first-order valence-corrected chi connectivity index (χ1v) is 8.59. The first-order chi connectivity index (χ1) is 11.5. The summed E-state index contributed by atoms with van der Waals surface area (Å²) in [7, 11) is 1.17. The van der Waals surface area contributed by atoms with Crippen LogP contribution in [-0.2, 0) is 19.1 Å². The average Bonchev–Trinajstić information content (AvgIpc) is 2.49. The number of nitrogens with two attached hydrogens (primary N) is 1. The minimum atomic E-state index is -0.827. The van der Waals surface area contributed by atoms with E-state index in [-0.39, 0.29) is 29.5 Å². The number of ketones is 1. The largest absolute Gasteiger partial charge is 0.464 e. The Balaban J connectivity index is 5.10. The molecule has 0 heterocycles. The van der Waals surface area contributed by atoms with E-state index in [9.17, 15) is 14.4 Å². The Morgan fingerprint density at radius 3 is 2.24 bits per heavy atom. The molecule has 3 N–H and O–H groups in total. The summed E-state index contributed by atoms with van der Waals surface area (Å²) >= 11 is 0. The molecule has 0 saturated carbocycles. The van der Waals surface area contributed by atoms with Crippen LogP contribution in [0.15, 0.2) is 11.3 Å². The number of methoxy groups -OCH3 is 1. The molecule has 1 amide bonds. The van der Waals surface area contributed by atoms with Gasteiger partial charge in [-0.3, -0.25) is 10.1 Å². The summed E-state index contributed by atoms with van der Waals surface area (Å²) < 4.78 is 9.76. The van der Waals surface area contributed by atoms with E-state index < -0.39 is 17.7 Å². The monoisotopic (exact) mass is 356 g/mol. The second kappa shape index (κ2) is 10.9. The van der Waals surface area contributed by atoms with Crippen LogP contribution in [0.5, 0.6) is 0 Å². The van der Waals surface area contributed by atoms with E-state index in [1.807, 2.05) is 0 Å². The zero-order valence-corrected chi connectivity index (χ0v) is 16.2. The summed E-state index contributed by atoms with van der Waals surface area (Å²) in [6.07, 6.45) is 3.10. The lowest BCUT2D eigenvalue weighted by atomic mass is 9.99. The zero-order valence-electron chi connectivity index (χ0n) is 16.2. The van der Waals surface area contributed by atoms with Crippen molar-refractivity contribution in [1.29, 1.82) is 0 Å². The second-order valence-corrected chi connectivity index (χ2v) is 7.00. The standard InChI is InChI=1S/C18H32N2O5/c1-7-8-9-10-13(19)11-14(21)12(2)15(16(22)24-6)20-17(23)25-18(3,4)5/h13H,7-11,19H2,1-6H3,(H,20,23). The van der Waals surface area contributed by atoms with Crippen LogP contribution in [0.2, 0.25) is 0 Å². The van der Waals surface area contributed by atoms with Gasteiger partial charge in [0.2, 0.25) is 0 Å². The summed E-state index contributed by atoms with van der Waals surface area (Å²) in [5.74, 6) is -1.11. The fraction of sp³-hybridized carbons (Fsp3) is 0.722. The van der Waals surface area contributed by atoms with Crippen molar-refractivity contribution < 1.29 is 23.9 Å². The van der Waals surface area contributed by atoms with Gasteiger partial charge in [0, 0.05) is 18.0 Å². The molecule has 0 aromatic rings. The highest BCUT2D eigenvalue weighted by Crippen LogP contribution is 2.13. The van der Waals surface area contributed by atoms with E-state index in [0.29, 0.717) is 0 Å². The number of allylic oxidation sites excluding steroid dienone is 1. The van der Waals surface area contributed by atoms with Crippen molar-refractivity contribution in [1.82, 2.24) is 5.32 Å². The molecule has 0 fully saturated rings. The third kappa shape index (κ3) is 9.86. The van der Waals surface area contributed by atoms with Gasteiger partial charge in [0.25, 0.3) is 0 Å². The van der Waals surface area contributed by atoms with Gasteiger partial charge < -0.3 is 15.2 Å². The molecule has 0 aliphatic heterocycles. The third-order valence-electron chi connectivity index (χ3n) is 3.43. The minimum Gasteiger partial charge on any atom is -0.464 e. The van der Waals surface area contributed by atoms with Crippen LogP contribution in [0, 0.1) is 0 Å². The van der Waals surface area contributed by atoms with Crippen LogP contribution in [0.1, 0.15) is 66.7 Å². The molecule has 7 nitrogen and oxygen atoms in total. The van der Waals surface area contributed by atoms with Crippen LogP contribution in [0.4, 0.5) is 4.79 Å². The molecule has 0 aromatic carbocycles. The molecule has 0 radical (unpaired) electrons. The van der Waals surface area contributed by atoms with Crippen LogP contribution in [-0.4, -0.2) is 36.6 Å². The second-order valence-electron chi connectivity index (χ2n) is 7.00. The first-order valence-electron chi connectivity index (χ1n) is 8.59. The summed E-state index contributed by atoms with van der Waals surface area (Å²) in [5.41, 5.74) is 5.12. The Bertz CT molecular complexity index is 506. The lowest BCUT2D eigenvalue weighted by molar-refractivity contribution is -0.137. The first kappa shape index (κ1) is 23.1. The number of carbonyl (C=O) groups excluding carboxylic acids is 3. The number of nitrogens with one attached hydrogen (secondary N) is 1. The SMILES string of the molecule is CCCCCC(N)CC(=O)C(C)=C(NC(=O)OC(C)(C)C)C(=O)OC. The summed E-state index contributed by atoms with van der Waals surface area (Å²) in [6, 6.07) is -0.283. The van der Waals surface area contributed by atoms with E-state index in [1.54, 1.807) is 20.8 Å². The molecular weight excluding hydrogens is 324 g/mol. The summed E-state index contributed by atoms with van der Waals surface area (Å²) in [5, 5.41) is 2.31. The van der Waals surface area contributed by atoms with Gasteiger partial charge in [-0.1, -0.05) is 26.2 Å². The van der Waals surface area contributed by atoms with Crippen LogP contribution < -0.4 is 11.1 Å². The number of rotatable bonds is 9. The number of hydrogen-bond donors (Lipinski definition) is 2. The Morgan fingerprint density at radius 2 is 1.76 bits per heavy atom. The fourth-order valence-electron chi connectivity index (χ4n) is 2.09. The van der Waals surface area contributed by atoms with Gasteiger partial charge in [-0.25, -0.2) is 9.59 Å². The van der Waals surface area contributed by atoms with Gasteiger partial charge in [0.15, 0.2) is 5.78 Å². The van der Waals surface area contributed by atoms with Gasteiger partial charge in [0.05, 0.1) is 7.11 Å². The Hall–Kier alpha value is -1.89. The van der Waals surface area contributed by atoms with E-state index in [4.69, 9.17) is 10.5 Å². The molecule has 7 heteroatoms. The highest BCUT2D eigenvalue weighted by atomic mass is 16.6. The summed E-state index contributed by atoms with van der Waals surface area (Å²) in [6.45, 7) is 8.64. The number of hydrogen-bond acceptors (Lipinski definition) is 6. The Kier molecular flexibility index (Phi) is 10.0. The predicted molar refractivity (Wildman–Crippen MR) is 95.8 cm³/mol. The van der Waals surface area contributed by atoms with Crippen LogP contribution in [0.3, 0.4) is 0 Å². The van der Waals surface area contributed by atoms with Gasteiger partial charge in [0.1, 0.15) is 11.3 Å². The molecule has 0 spiro atoms. The van der Waals surface area contributed by atoms with Crippen molar-refractivity contribution in [2.45, 2.75) is 78.4 Å². The molecule has 0 aliphatic carbocycles. The Labute approximate surface area is 150 Å². The van der Waals surface area contributed by atoms with Crippen molar-refractivity contribution in [3.63, 3.8) is 0 Å². The van der Waals surface area contributed by atoms with E-state index in [0.717, 1.165) is 25.7 Å². The van der Waals surface area contributed by atoms with E-state index >= 15 is 0 Å². The van der Waals surface area contributed by atoms with E-state index in [2.05, 4.69) is 17.0 Å². The number of carbonyl (C=O) groups is 3. The molecule has 1 unspecified atom stereocenters. The molecule has 25 heavy (non-hydrogen) atoms. The van der Waals surface area contributed by atoms with Gasteiger partial charge in [-0.05, 0) is 34.1 Å².